The van der Waals surface area contributed by atoms with Gasteiger partial charge in [-0.1, -0.05) is 51.9 Å². The van der Waals surface area contributed by atoms with Crippen LogP contribution in [0.3, 0.4) is 0 Å². The first-order chi connectivity index (χ1) is 9.31. The van der Waals surface area contributed by atoms with Crippen molar-refractivity contribution in [3.8, 4) is 0 Å². The van der Waals surface area contributed by atoms with Crippen molar-refractivity contribution in [1.29, 1.82) is 0 Å². The van der Waals surface area contributed by atoms with Gasteiger partial charge in [0.2, 0.25) is 12.2 Å². The van der Waals surface area contributed by atoms with Gasteiger partial charge in [-0.05, 0) is 18.8 Å². The molecule has 4 heteroatoms. The molecule has 19 heavy (non-hydrogen) atoms. The van der Waals surface area contributed by atoms with E-state index in [0.29, 0.717) is 13.1 Å². The number of isocyanates is 2. The topological polar surface area (TPSA) is 58.9 Å². The zero-order valence-electron chi connectivity index (χ0n) is 12.1. The molecule has 0 bridgehead atoms. The summed E-state index contributed by atoms with van der Waals surface area (Å²) >= 11 is 0. The SMILES string of the molecule is CC1CCCCC1.O=C=NCCCCCCN=C=O. The molecule has 0 atom stereocenters. The molecule has 0 unspecified atom stereocenters. The molecule has 0 N–H and O–H groups in total. The largest absolute Gasteiger partial charge is 0.234 e. The zero-order chi connectivity index (χ0) is 14.2. The minimum absolute atomic E-state index is 0.556. The predicted octanol–water partition coefficient (Wildman–Crippen LogP) is 3.81. The average Bonchev–Trinajstić information content (AvgIpc) is 2.43. The van der Waals surface area contributed by atoms with E-state index >= 15 is 0 Å². The molecule has 0 heterocycles. The lowest BCUT2D eigenvalue weighted by atomic mass is 9.91. The lowest BCUT2D eigenvalue weighted by Crippen LogP contribution is -1.99. The summed E-state index contributed by atoms with van der Waals surface area (Å²) in [5, 5.41) is 0. The van der Waals surface area contributed by atoms with Gasteiger partial charge in [0.15, 0.2) is 0 Å². The Balaban J connectivity index is 0.000000388. The second-order valence-electron chi connectivity index (χ2n) is 5.10. The molecule has 4 nitrogen and oxygen atoms in total. The quantitative estimate of drug-likeness (QED) is 0.400. The van der Waals surface area contributed by atoms with Crippen molar-refractivity contribution in [2.75, 3.05) is 13.1 Å². The zero-order valence-corrected chi connectivity index (χ0v) is 12.1. The molecule has 0 aromatic rings. The molecule has 1 aliphatic rings. The molecule has 1 rings (SSSR count). The van der Waals surface area contributed by atoms with Crippen molar-refractivity contribution in [3.05, 3.63) is 0 Å². The number of carbonyl (C=O) groups excluding carboxylic acids is 2. The van der Waals surface area contributed by atoms with E-state index in [1.807, 2.05) is 0 Å². The first-order valence-corrected chi connectivity index (χ1v) is 7.38. The molecule has 0 radical (unpaired) electrons. The van der Waals surface area contributed by atoms with Crippen LogP contribution < -0.4 is 0 Å². The molecular formula is C15H26N2O2. The standard InChI is InChI=1S/C8H12N2O2.C7H14/c11-7-9-5-3-1-2-4-6-10-8-12;1-7-5-3-2-4-6-7/h1-6H2;7H,2-6H2,1H3. The van der Waals surface area contributed by atoms with E-state index in [2.05, 4.69) is 16.9 Å². The fraction of sp³-hybridized carbons (Fsp3) is 0.867. The van der Waals surface area contributed by atoms with Gasteiger partial charge in [-0.25, -0.2) is 19.6 Å². The van der Waals surface area contributed by atoms with Gasteiger partial charge in [0, 0.05) is 0 Å². The maximum Gasteiger partial charge on any atom is 0.234 e. The summed E-state index contributed by atoms with van der Waals surface area (Å²) in [6, 6.07) is 0. The van der Waals surface area contributed by atoms with Crippen molar-refractivity contribution in [2.45, 2.75) is 64.7 Å². The number of nitrogens with zero attached hydrogens (tertiary/aromatic N) is 2. The van der Waals surface area contributed by atoms with Gasteiger partial charge in [0.25, 0.3) is 0 Å². The van der Waals surface area contributed by atoms with Gasteiger partial charge < -0.3 is 0 Å². The minimum atomic E-state index is 0.556. The smallest absolute Gasteiger partial charge is 0.211 e. The maximum atomic E-state index is 9.63. The molecule has 0 saturated heterocycles. The van der Waals surface area contributed by atoms with Crippen LogP contribution >= 0.6 is 0 Å². The summed E-state index contributed by atoms with van der Waals surface area (Å²) in [5.74, 6) is 1.04. The summed E-state index contributed by atoms with van der Waals surface area (Å²) in [5.41, 5.74) is 0. The Bertz CT molecular complexity index is 265. The average molecular weight is 266 g/mol. The lowest BCUT2D eigenvalue weighted by molar-refractivity contribution is 0.385. The first kappa shape index (κ1) is 17.8. The maximum absolute atomic E-state index is 9.63. The van der Waals surface area contributed by atoms with Gasteiger partial charge in [0.05, 0.1) is 13.1 Å². The van der Waals surface area contributed by atoms with Crippen LogP contribution in [0.4, 0.5) is 0 Å². The van der Waals surface area contributed by atoms with E-state index in [1.165, 1.54) is 44.3 Å². The number of hydrogen-bond acceptors (Lipinski definition) is 4. The summed E-state index contributed by atoms with van der Waals surface area (Å²) < 4.78 is 0. The molecule has 1 aliphatic carbocycles. The van der Waals surface area contributed by atoms with Crippen molar-refractivity contribution in [3.63, 3.8) is 0 Å². The molecule has 1 saturated carbocycles. The Morgan fingerprint density at radius 2 is 1.32 bits per heavy atom. The van der Waals surface area contributed by atoms with Crippen molar-refractivity contribution in [2.24, 2.45) is 15.9 Å². The highest BCUT2D eigenvalue weighted by Gasteiger charge is 2.05. The Labute approximate surface area is 116 Å². The van der Waals surface area contributed by atoms with Crippen LogP contribution in [0.2, 0.25) is 0 Å². The van der Waals surface area contributed by atoms with E-state index in [0.717, 1.165) is 31.6 Å². The summed E-state index contributed by atoms with van der Waals surface area (Å²) in [6.07, 6.45) is 14.2. The molecule has 0 amide bonds. The van der Waals surface area contributed by atoms with Crippen LogP contribution in [-0.2, 0) is 9.59 Å². The Morgan fingerprint density at radius 1 is 0.842 bits per heavy atom. The Hall–Kier alpha value is -1.24. The van der Waals surface area contributed by atoms with Crippen LogP contribution in [0.5, 0.6) is 0 Å². The molecular weight excluding hydrogens is 240 g/mol. The molecule has 0 spiro atoms. The first-order valence-electron chi connectivity index (χ1n) is 7.38. The van der Waals surface area contributed by atoms with Gasteiger partial charge in [-0.2, -0.15) is 0 Å². The third-order valence-electron chi connectivity index (χ3n) is 3.31. The lowest BCUT2D eigenvalue weighted by Gasteiger charge is -2.15. The summed E-state index contributed by atoms with van der Waals surface area (Å²) in [4.78, 5) is 26.1. The number of aliphatic imine (C=N–C) groups is 2. The van der Waals surface area contributed by atoms with Crippen molar-refractivity contribution in [1.82, 2.24) is 0 Å². The number of hydrogen-bond donors (Lipinski definition) is 0. The van der Waals surface area contributed by atoms with Crippen LogP contribution in [0.25, 0.3) is 0 Å². The Morgan fingerprint density at radius 3 is 1.63 bits per heavy atom. The van der Waals surface area contributed by atoms with Gasteiger partial charge >= 0.3 is 0 Å². The molecule has 0 aliphatic heterocycles. The number of unbranched alkanes of at least 4 members (excludes halogenated alkanes) is 3. The van der Waals surface area contributed by atoms with Gasteiger partial charge in [-0.15, -0.1) is 0 Å². The highest BCUT2D eigenvalue weighted by molar-refractivity contribution is 5.32. The molecule has 0 aromatic heterocycles. The fourth-order valence-corrected chi connectivity index (χ4v) is 2.13. The van der Waals surface area contributed by atoms with E-state index in [-0.39, 0.29) is 0 Å². The third kappa shape index (κ3) is 14.7. The predicted molar refractivity (Wildman–Crippen MR) is 76.7 cm³/mol. The second kappa shape index (κ2) is 14.8. The summed E-state index contributed by atoms with van der Waals surface area (Å²) in [6.45, 7) is 3.47. The Kier molecular flexibility index (Phi) is 13.9. The van der Waals surface area contributed by atoms with E-state index in [9.17, 15) is 9.59 Å². The second-order valence-corrected chi connectivity index (χ2v) is 5.10. The van der Waals surface area contributed by atoms with E-state index in [1.54, 1.807) is 0 Å². The van der Waals surface area contributed by atoms with E-state index in [4.69, 9.17) is 0 Å². The highest BCUT2D eigenvalue weighted by Crippen LogP contribution is 2.22. The minimum Gasteiger partial charge on any atom is -0.211 e. The highest BCUT2D eigenvalue weighted by atomic mass is 16.1. The van der Waals surface area contributed by atoms with Crippen LogP contribution in [0.15, 0.2) is 9.98 Å². The molecule has 0 aromatic carbocycles. The van der Waals surface area contributed by atoms with Crippen molar-refractivity contribution >= 4 is 12.2 Å². The van der Waals surface area contributed by atoms with E-state index < -0.39 is 0 Å². The van der Waals surface area contributed by atoms with Crippen LogP contribution in [0.1, 0.15) is 64.7 Å². The van der Waals surface area contributed by atoms with Gasteiger partial charge in [-0.3, -0.25) is 0 Å². The molecule has 108 valence electrons. The summed E-state index contributed by atoms with van der Waals surface area (Å²) in [7, 11) is 0. The normalized spacial score (nSPS) is 14.6. The third-order valence-corrected chi connectivity index (χ3v) is 3.31. The van der Waals surface area contributed by atoms with Crippen LogP contribution in [-0.4, -0.2) is 25.2 Å². The van der Waals surface area contributed by atoms with Gasteiger partial charge in [0.1, 0.15) is 0 Å². The number of rotatable bonds is 7. The monoisotopic (exact) mass is 266 g/mol. The van der Waals surface area contributed by atoms with Crippen molar-refractivity contribution < 1.29 is 9.59 Å². The molecule has 1 fully saturated rings. The fourth-order valence-electron chi connectivity index (χ4n) is 2.13. The van der Waals surface area contributed by atoms with Crippen LogP contribution in [0, 0.1) is 5.92 Å².